The monoisotopic (exact) mass is 265 g/mol. The highest BCUT2D eigenvalue weighted by molar-refractivity contribution is 5.02. The molecule has 0 radical (unpaired) electrons. The summed E-state index contributed by atoms with van der Waals surface area (Å²) in [5.74, 6) is 0.925. The highest BCUT2D eigenvalue weighted by atomic mass is 15.3. The standard InChI is InChI=1S/C16H31N3/c1-2-14-5-7-16(11-14,13-17)19-10-6-15(12-19)18-8-3-4-9-18/h14-15H,2-13,17H2,1H3. The lowest BCUT2D eigenvalue weighted by molar-refractivity contribution is 0.112. The average molecular weight is 265 g/mol. The zero-order valence-corrected chi connectivity index (χ0v) is 12.6. The Bertz CT molecular complexity index is 300. The van der Waals surface area contributed by atoms with E-state index in [9.17, 15) is 0 Å². The molecule has 3 heteroatoms. The van der Waals surface area contributed by atoms with E-state index in [1.807, 2.05) is 0 Å². The molecule has 3 aliphatic rings. The summed E-state index contributed by atoms with van der Waals surface area (Å²) in [6.07, 6.45) is 9.64. The summed E-state index contributed by atoms with van der Waals surface area (Å²) < 4.78 is 0. The fourth-order valence-corrected chi connectivity index (χ4v) is 4.74. The molecule has 1 aliphatic carbocycles. The predicted octanol–water partition coefficient (Wildman–Crippen LogP) is 2.06. The van der Waals surface area contributed by atoms with Gasteiger partial charge in [-0.05, 0) is 57.5 Å². The fourth-order valence-electron chi connectivity index (χ4n) is 4.74. The van der Waals surface area contributed by atoms with Gasteiger partial charge in [0.1, 0.15) is 0 Å². The Morgan fingerprint density at radius 3 is 2.58 bits per heavy atom. The van der Waals surface area contributed by atoms with Crippen LogP contribution in [-0.4, -0.2) is 54.1 Å². The van der Waals surface area contributed by atoms with Crippen molar-refractivity contribution in [2.24, 2.45) is 11.7 Å². The van der Waals surface area contributed by atoms with Crippen molar-refractivity contribution < 1.29 is 0 Å². The van der Waals surface area contributed by atoms with E-state index in [4.69, 9.17) is 5.73 Å². The van der Waals surface area contributed by atoms with Crippen LogP contribution in [0.3, 0.4) is 0 Å². The quantitative estimate of drug-likeness (QED) is 0.844. The summed E-state index contributed by atoms with van der Waals surface area (Å²) in [5, 5.41) is 0. The number of nitrogens with two attached hydrogens (primary N) is 1. The van der Waals surface area contributed by atoms with E-state index in [0.29, 0.717) is 5.54 Å². The minimum absolute atomic E-state index is 0.356. The smallest absolute Gasteiger partial charge is 0.0335 e. The van der Waals surface area contributed by atoms with Crippen molar-refractivity contribution in [3.8, 4) is 0 Å². The number of rotatable bonds is 4. The number of hydrogen-bond donors (Lipinski definition) is 1. The molecule has 0 bridgehead atoms. The maximum Gasteiger partial charge on any atom is 0.0335 e. The first-order valence-electron chi connectivity index (χ1n) is 8.46. The van der Waals surface area contributed by atoms with Crippen LogP contribution in [-0.2, 0) is 0 Å². The summed E-state index contributed by atoms with van der Waals surface area (Å²) in [7, 11) is 0. The first-order chi connectivity index (χ1) is 9.27. The van der Waals surface area contributed by atoms with Crippen LogP contribution in [0.1, 0.15) is 51.9 Å². The molecule has 3 atom stereocenters. The Labute approximate surface area is 118 Å². The van der Waals surface area contributed by atoms with Crippen molar-refractivity contribution in [3.63, 3.8) is 0 Å². The van der Waals surface area contributed by atoms with Crippen LogP contribution in [0.5, 0.6) is 0 Å². The SMILES string of the molecule is CCC1CCC(CN)(N2CCC(N3CCCC3)C2)C1. The molecule has 3 unspecified atom stereocenters. The Hall–Kier alpha value is -0.120. The number of nitrogens with zero attached hydrogens (tertiary/aromatic N) is 2. The molecule has 19 heavy (non-hydrogen) atoms. The molecular formula is C16H31N3. The van der Waals surface area contributed by atoms with E-state index < -0.39 is 0 Å². The largest absolute Gasteiger partial charge is 0.329 e. The van der Waals surface area contributed by atoms with Crippen LogP contribution in [0.2, 0.25) is 0 Å². The lowest BCUT2D eigenvalue weighted by Crippen LogP contribution is -2.52. The van der Waals surface area contributed by atoms with Crippen molar-refractivity contribution in [1.29, 1.82) is 0 Å². The summed E-state index contributed by atoms with van der Waals surface area (Å²) in [5.41, 5.74) is 6.57. The molecule has 2 heterocycles. The topological polar surface area (TPSA) is 32.5 Å². The van der Waals surface area contributed by atoms with Crippen LogP contribution in [0, 0.1) is 5.92 Å². The Balaban J connectivity index is 1.62. The fraction of sp³-hybridized carbons (Fsp3) is 1.00. The van der Waals surface area contributed by atoms with E-state index in [-0.39, 0.29) is 0 Å². The van der Waals surface area contributed by atoms with E-state index in [2.05, 4.69) is 16.7 Å². The lowest BCUT2D eigenvalue weighted by atomic mass is 9.93. The molecular weight excluding hydrogens is 234 g/mol. The molecule has 3 rings (SSSR count). The second-order valence-corrected chi connectivity index (χ2v) is 7.08. The molecule has 0 spiro atoms. The molecule has 1 saturated carbocycles. The summed E-state index contributed by atoms with van der Waals surface area (Å²) in [6, 6.07) is 0.826. The Morgan fingerprint density at radius 1 is 1.16 bits per heavy atom. The van der Waals surface area contributed by atoms with Gasteiger partial charge in [0.15, 0.2) is 0 Å². The van der Waals surface area contributed by atoms with Gasteiger partial charge in [-0.3, -0.25) is 9.80 Å². The normalized spacial score (nSPS) is 41.4. The predicted molar refractivity (Wildman–Crippen MR) is 80.2 cm³/mol. The summed E-state index contributed by atoms with van der Waals surface area (Å²) >= 11 is 0. The van der Waals surface area contributed by atoms with Crippen LogP contribution in [0.25, 0.3) is 0 Å². The maximum absolute atomic E-state index is 6.21. The molecule has 3 fully saturated rings. The summed E-state index contributed by atoms with van der Waals surface area (Å²) in [6.45, 7) is 8.46. The first-order valence-corrected chi connectivity index (χ1v) is 8.46. The van der Waals surface area contributed by atoms with Crippen LogP contribution >= 0.6 is 0 Å². The van der Waals surface area contributed by atoms with Crippen molar-refractivity contribution in [2.45, 2.75) is 63.5 Å². The van der Waals surface area contributed by atoms with Crippen molar-refractivity contribution in [2.75, 3.05) is 32.7 Å². The van der Waals surface area contributed by atoms with Gasteiger partial charge in [0.05, 0.1) is 0 Å². The van der Waals surface area contributed by atoms with Crippen molar-refractivity contribution in [1.82, 2.24) is 9.80 Å². The highest BCUT2D eigenvalue weighted by Crippen LogP contribution is 2.41. The Morgan fingerprint density at radius 2 is 1.95 bits per heavy atom. The third kappa shape index (κ3) is 2.57. The second-order valence-electron chi connectivity index (χ2n) is 7.08. The third-order valence-corrected chi connectivity index (χ3v) is 6.14. The minimum atomic E-state index is 0.356. The van der Waals surface area contributed by atoms with E-state index in [1.54, 1.807) is 0 Å². The maximum atomic E-state index is 6.21. The molecule has 2 aliphatic heterocycles. The number of hydrogen-bond acceptors (Lipinski definition) is 3. The van der Waals surface area contributed by atoms with E-state index in [0.717, 1.165) is 18.5 Å². The first kappa shape index (κ1) is 13.8. The van der Waals surface area contributed by atoms with Crippen molar-refractivity contribution >= 4 is 0 Å². The van der Waals surface area contributed by atoms with Crippen LogP contribution in [0.15, 0.2) is 0 Å². The minimum Gasteiger partial charge on any atom is -0.329 e. The third-order valence-electron chi connectivity index (χ3n) is 6.14. The van der Waals surface area contributed by atoms with Crippen LogP contribution < -0.4 is 5.73 Å². The van der Waals surface area contributed by atoms with Gasteiger partial charge < -0.3 is 5.73 Å². The second kappa shape index (κ2) is 5.71. The van der Waals surface area contributed by atoms with E-state index >= 15 is 0 Å². The Kier molecular flexibility index (Phi) is 4.16. The van der Waals surface area contributed by atoms with Gasteiger partial charge in [0.2, 0.25) is 0 Å². The lowest BCUT2D eigenvalue weighted by Gasteiger charge is -2.39. The van der Waals surface area contributed by atoms with E-state index in [1.165, 1.54) is 71.1 Å². The molecule has 0 aromatic carbocycles. The molecule has 0 amide bonds. The zero-order chi connectivity index (χ0) is 13.3. The highest BCUT2D eigenvalue weighted by Gasteiger charge is 2.45. The molecule has 0 aromatic heterocycles. The van der Waals surface area contributed by atoms with Gasteiger partial charge in [-0.2, -0.15) is 0 Å². The van der Waals surface area contributed by atoms with Gasteiger partial charge in [-0.1, -0.05) is 13.3 Å². The molecule has 110 valence electrons. The number of likely N-dealkylation sites (tertiary alicyclic amines) is 2. The van der Waals surface area contributed by atoms with Crippen molar-refractivity contribution in [3.05, 3.63) is 0 Å². The molecule has 2 saturated heterocycles. The molecule has 0 aromatic rings. The van der Waals surface area contributed by atoms with Gasteiger partial charge in [-0.15, -0.1) is 0 Å². The van der Waals surface area contributed by atoms with Gasteiger partial charge in [0, 0.05) is 31.2 Å². The van der Waals surface area contributed by atoms with Gasteiger partial charge in [0.25, 0.3) is 0 Å². The zero-order valence-electron chi connectivity index (χ0n) is 12.6. The average Bonchev–Trinajstić information content (AvgIpc) is 3.17. The van der Waals surface area contributed by atoms with Crippen LogP contribution in [0.4, 0.5) is 0 Å². The summed E-state index contributed by atoms with van der Waals surface area (Å²) in [4.78, 5) is 5.50. The van der Waals surface area contributed by atoms with Gasteiger partial charge >= 0.3 is 0 Å². The molecule has 2 N–H and O–H groups in total. The van der Waals surface area contributed by atoms with Gasteiger partial charge in [-0.25, -0.2) is 0 Å². The molecule has 3 nitrogen and oxygen atoms in total.